The van der Waals surface area contributed by atoms with Gasteiger partial charge in [-0.2, -0.15) is 0 Å². The molecule has 0 aliphatic heterocycles. The maximum absolute atomic E-state index is 13.3. The Morgan fingerprint density at radius 3 is 2.56 bits per heavy atom. The Hall–Kier alpha value is -1.49. The first-order valence-electron chi connectivity index (χ1n) is 6.16. The molecule has 18 heavy (non-hydrogen) atoms. The summed E-state index contributed by atoms with van der Waals surface area (Å²) in [5.74, 6) is -0.912. The number of halogens is 2. The van der Waals surface area contributed by atoms with Gasteiger partial charge in [-0.05, 0) is 6.42 Å². The summed E-state index contributed by atoms with van der Waals surface area (Å²) in [5.41, 5.74) is 7.02. The fraction of sp³-hybridized carbons (Fsp3) is 0.462. The summed E-state index contributed by atoms with van der Waals surface area (Å²) in [4.78, 5) is 4.32. The maximum atomic E-state index is 13.3. The number of imidazole rings is 1. The number of fused-ring (bicyclic) bond motifs is 1. The Bertz CT molecular complexity index is 563. The minimum atomic E-state index is -0.866. The van der Waals surface area contributed by atoms with Crippen molar-refractivity contribution >= 4 is 11.0 Å². The summed E-state index contributed by atoms with van der Waals surface area (Å²) in [6.07, 6.45) is 1.53. The van der Waals surface area contributed by atoms with Crippen molar-refractivity contribution < 1.29 is 8.78 Å². The molecule has 0 aliphatic carbocycles. The predicted octanol–water partition coefficient (Wildman–Crippen LogP) is 2.61. The summed E-state index contributed by atoms with van der Waals surface area (Å²) >= 11 is 0. The Morgan fingerprint density at radius 1 is 1.28 bits per heavy atom. The van der Waals surface area contributed by atoms with Crippen LogP contribution in [0.2, 0.25) is 0 Å². The van der Waals surface area contributed by atoms with Gasteiger partial charge in [0.15, 0.2) is 11.6 Å². The van der Waals surface area contributed by atoms with Crippen molar-refractivity contribution in [1.29, 1.82) is 0 Å². The van der Waals surface area contributed by atoms with Crippen LogP contribution in [-0.2, 0) is 13.0 Å². The van der Waals surface area contributed by atoms with Crippen molar-refractivity contribution in [2.45, 2.75) is 39.3 Å². The lowest BCUT2D eigenvalue weighted by Crippen LogP contribution is -2.26. The molecule has 2 N–H and O–H groups in total. The van der Waals surface area contributed by atoms with E-state index in [1.54, 1.807) is 0 Å². The molecule has 1 aromatic carbocycles. The molecule has 0 bridgehead atoms. The van der Waals surface area contributed by atoms with E-state index >= 15 is 0 Å². The van der Waals surface area contributed by atoms with E-state index in [-0.39, 0.29) is 6.04 Å². The maximum Gasteiger partial charge on any atom is 0.161 e. The van der Waals surface area contributed by atoms with Crippen molar-refractivity contribution in [3.05, 3.63) is 29.6 Å². The molecule has 1 unspecified atom stereocenters. The first-order valence-corrected chi connectivity index (χ1v) is 6.16. The lowest BCUT2D eigenvalue weighted by atomic mass is 10.2. The van der Waals surface area contributed by atoms with Crippen LogP contribution in [0.3, 0.4) is 0 Å². The van der Waals surface area contributed by atoms with Crippen LogP contribution >= 0.6 is 0 Å². The van der Waals surface area contributed by atoms with Gasteiger partial charge in [0, 0.05) is 31.1 Å². The van der Waals surface area contributed by atoms with Crippen LogP contribution in [0.25, 0.3) is 11.0 Å². The summed E-state index contributed by atoms with van der Waals surface area (Å²) in [6, 6.07) is 2.32. The molecule has 98 valence electrons. The van der Waals surface area contributed by atoms with E-state index in [4.69, 9.17) is 5.73 Å². The van der Waals surface area contributed by atoms with Gasteiger partial charge in [0.2, 0.25) is 0 Å². The van der Waals surface area contributed by atoms with Crippen LogP contribution < -0.4 is 5.73 Å². The van der Waals surface area contributed by atoms with E-state index in [1.165, 1.54) is 6.07 Å². The van der Waals surface area contributed by atoms with Crippen LogP contribution in [0.5, 0.6) is 0 Å². The number of nitrogens with two attached hydrogens (primary N) is 1. The highest BCUT2D eigenvalue weighted by molar-refractivity contribution is 5.76. The van der Waals surface area contributed by atoms with Crippen molar-refractivity contribution in [3.63, 3.8) is 0 Å². The summed E-state index contributed by atoms with van der Waals surface area (Å²) in [5, 5.41) is 0. The third-order valence-corrected chi connectivity index (χ3v) is 3.13. The topological polar surface area (TPSA) is 43.8 Å². The minimum absolute atomic E-state index is 0.0131. The largest absolute Gasteiger partial charge is 0.326 e. The van der Waals surface area contributed by atoms with Crippen LogP contribution in [0.1, 0.15) is 26.1 Å². The Kier molecular flexibility index (Phi) is 3.61. The third-order valence-electron chi connectivity index (χ3n) is 3.13. The molecule has 2 rings (SSSR count). The zero-order valence-electron chi connectivity index (χ0n) is 10.6. The summed E-state index contributed by atoms with van der Waals surface area (Å²) in [6.45, 7) is 4.53. The lowest BCUT2D eigenvalue weighted by Gasteiger charge is -2.13. The van der Waals surface area contributed by atoms with Gasteiger partial charge in [0.25, 0.3) is 0 Å². The molecule has 0 aliphatic rings. The SMILES string of the molecule is CCc1nc2cc(F)c(F)cc2n1CC(N)CC. The molecule has 0 saturated carbocycles. The normalized spacial score (nSPS) is 13.2. The second-order valence-electron chi connectivity index (χ2n) is 4.42. The van der Waals surface area contributed by atoms with Crippen molar-refractivity contribution in [3.8, 4) is 0 Å². The van der Waals surface area contributed by atoms with Gasteiger partial charge in [-0.15, -0.1) is 0 Å². The van der Waals surface area contributed by atoms with Crippen LogP contribution in [0, 0.1) is 11.6 Å². The first kappa shape index (κ1) is 13.0. The smallest absolute Gasteiger partial charge is 0.161 e. The highest BCUT2D eigenvalue weighted by Gasteiger charge is 2.14. The first-order chi connectivity index (χ1) is 8.56. The second kappa shape index (κ2) is 5.02. The Labute approximate surface area is 105 Å². The van der Waals surface area contributed by atoms with Gasteiger partial charge in [-0.3, -0.25) is 0 Å². The number of rotatable bonds is 4. The standard InChI is InChI=1S/C13H17F2N3/c1-3-8(16)7-18-12-6-10(15)9(14)5-11(12)17-13(18)4-2/h5-6,8H,3-4,7,16H2,1-2H3. The Morgan fingerprint density at radius 2 is 1.94 bits per heavy atom. The van der Waals surface area contributed by atoms with Gasteiger partial charge in [0.05, 0.1) is 11.0 Å². The third kappa shape index (κ3) is 2.22. The monoisotopic (exact) mass is 253 g/mol. The van der Waals surface area contributed by atoms with Crippen molar-refractivity contribution in [2.75, 3.05) is 0 Å². The van der Waals surface area contributed by atoms with Crippen molar-refractivity contribution in [1.82, 2.24) is 9.55 Å². The zero-order valence-corrected chi connectivity index (χ0v) is 10.6. The fourth-order valence-corrected chi connectivity index (χ4v) is 2.01. The van der Waals surface area contributed by atoms with E-state index in [2.05, 4.69) is 4.98 Å². The molecular weight excluding hydrogens is 236 g/mol. The van der Waals surface area contributed by atoms with E-state index < -0.39 is 11.6 Å². The Balaban J connectivity index is 2.57. The van der Waals surface area contributed by atoms with Gasteiger partial charge >= 0.3 is 0 Å². The molecule has 5 heteroatoms. The molecule has 1 aromatic heterocycles. The molecule has 0 radical (unpaired) electrons. The van der Waals surface area contributed by atoms with Crippen LogP contribution in [0.15, 0.2) is 12.1 Å². The predicted molar refractivity (Wildman–Crippen MR) is 67.3 cm³/mol. The number of aryl methyl sites for hydroxylation is 1. The molecule has 1 heterocycles. The molecule has 0 fully saturated rings. The van der Waals surface area contributed by atoms with E-state index in [1.807, 2.05) is 18.4 Å². The van der Waals surface area contributed by atoms with Crippen LogP contribution in [0.4, 0.5) is 8.78 Å². The van der Waals surface area contributed by atoms with Gasteiger partial charge in [-0.25, -0.2) is 13.8 Å². The van der Waals surface area contributed by atoms with E-state index in [0.29, 0.717) is 24.0 Å². The molecule has 0 spiro atoms. The van der Waals surface area contributed by atoms with E-state index in [9.17, 15) is 8.78 Å². The van der Waals surface area contributed by atoms with Crippen molar-refractivity contribution in [2.24, 2.45) is 5.73 Å². The lowest BCUT2D eigenvalue weighted by molar-refractivity contribution is 0.508. The summed E-state index contributed by atoms with van der Waals surface area (Å²) in [7, 11) is 0. The molecule has 0 saturated heterocycles. The zero-order chi connectivity index (χ0) is 13.3. The highest BCUT2D eigenvalue weighted by Crippen LogP contribution is 2.21. The second-order valence-corrected chi connectivity index (χ2v) is 4.42. The number of hydrogen-bond donors (Lipinski definition) is 1. The molecule has 1 atom stereocenters. The molecule has 3 nitrogen and oxygen atoms in total. The fourth-order valence-electron chi connectivity index (χ4n) is 2.01. The molecular formula is C13H17F2N3. The number of hydrogen-bond acceptors (Lipinski definition) is 2. The number of benzene rings is 1. The highest BCUT2D eigenvalue weighted by atomic mass is 19.2. The van der Waals surface area contributed by atoms with Gasteiger partial charge in [0.1, 0.15) is 5.82 Å². The van der Waals surface area contributed by atoms with Gasteiger partial charge < -0.3 is 10.3 Å². The average Bonchev–Trinajstić information content (AvgIpc) is 2.67. The average molecular weight is 253 g/mol. The number of nitrogens with zero attached hydrogens (tertiary/aromatic N) is 2. The molecule has 0 amide bonds. The molecule has 2 aromatic rings. The quantitative estimate of drug-likeness (QED) is 0.910. The minimum Gasteiger partial charge on any atom is -0.326 e. The van der Waals surface area contributed by atoms with Crippen LogP contribution in [-0.4, -0.2) is 15.6 Å². The van der Waals surface area contributed by atoms with E-state index in [0.717, 1.165) is 18.3 Å². The van der Waals surface area contributed by atoms with Gasteiger partial charge in [-0.1, -0.05) is 13.8 Å². The summed E-state index contributed by atoms with van der Waals surface area (Å²) < 4.78 is 28.4. The number of aromatic nitrogens is 2.